The molecule has 19 heavy (non-hydrogen) atoms. The van der Waals surface area contributed by atoms with E-state index < -0.39 is 4.92 Å². The molecule has 2 rings (SSSR count). The van der Waals surface area contributed by atoms with Crippen LogP contribution in [0.15, 0.2) is 36.5 Å². The summed E-state index contributed by atoms with van der Waals surface area (Å²) in [6.07, 6.45) is 1.57. The van der Waals surface area contributed by atoms with Crippen molar-refractivity contribution in [2.75, 3.05) is 5.32 Å². The third-order valence-electron chi connectivity index (χ3n) is 2.45. The maximum atomic E-state index is 10.7. The molecule has 0 saturated heterocycles. The second kappa shape index (κ2) is 5.86. The fourth-order valence-corrected chi connectivity index (χ4v) is 1.88. The molecule has 0 bridgehead atoms. The van der Waals surface area contributed by atoms with Gasteiger partial charge in [0.05, 0.1) is 4.92 Å². The van der Waals surface area contributed by atoms with E-state index in [1.807, 2.05) is 0 Å². The van der Waals surface area contributed by atoms with E-state index in [0.717, 1.165) is 5.69 Å². The van der Waals surface area contributed by atoms with Crippen LogP contribution in [0.5, 0.6) is 0 Å². The average Bonchev–Trinajstić information content (AvgIpc) is 2.37. The van der Waals surface area contributed by atoms with Crippen LogP contribution in [-0.4, -0.2) is 9.91 Å². The number of nitrogens with zero attached hydrogens (tertiary/aromatic N) is 2. The van der Waals surface area contributed by atoms with E-state index >= 15 is 0 Å². The molecule has 1 N–H and O–H groups in total. The Labute approximate surface area is 119 Å². The predicted molar refractivity (Wildman–Crippen MR) is 74.7 cm³/mol. The van der Waals surface area contributed by atoms with Gasteiger partial charge >= 0.3 is 0 Å². The van der Waals surface area contributed by atoms with Crippen molar-refractivity contribution in [3.8, 4) is 0 Å². The normalized spacial score (nSPS) is 10.2. The van der Waals surface area contributed by atoms with Crippen molar-refractivity contribution < 1.29 is 4.92 Å². The maximum absolute atomic E-state index is 10.7. The van der Waals surface area contributed by atoms with Crippen LogP contribution in [0.25, 0.3) is 0 Å². The van der Waals surface area contributed by atoms with Crippen LogP contribution >= 0.6 is 23.2 Å². The Morgan fingerprint density at radius 1 is 1.26 bits per heavy atom. The average molecular weight is 298 g/mol. The van der Waals surface area contributed by atoms with Crippen LogP contribution in [0.1, 0.15) is 5.56 Å². The lowest BCUT2D eigenvalue weighted by atomic mass is 10.2. The van der Waals surface area contributed by atoms with Crippen LogP contribution in [0, 0.1) is 10.1 Å². The van der Waals surface area contributed by atoms with Gasteiger partial charge in [0.2, 0.25) is 0 Å². The maximum Gasteiger partial charge on any atom is 0.269 e. The van der Waals surface area contributed by atoms with Gasteiger partial charge in [0.1, 0.15) is 5.15 Å². The summed E-state index contributed by atoms with van der Waals surface area (Å²) in [5.41, 5.74) is 1.42. The Kier molecular flexibility index (Phi) is 4.19. The Bertz CT molecular complexity index is 620. The molecule has 0 aliphatic heterocycles. The molecule has 0 amide bonds. The zero-order chi connectivity index (χ0) is 13.8. The standard InChI is InChI=1S/C12H9Cl2N3O2/c13-11-2-1-10(17(18)19)5-8(11)7-16-9-3-4-15-12(14)6-9/h1-6H,7H2,(H,15,16). The minimum atomic E-state index is -0.455. The van der Waals surface area contributed by atoms with Crippen LogP contribution in [0.3, 0.4) is 0 Å². The Hall–Kier alpha value is -1.85. The summed E-state index contributed by atoms with van der Waals surface area (Å²) in [5.74, 6) is 0. The molecule has 1 heterocycles. The number of nitrogens with one attached hydrogen (secondary N) is 1. The number of nitro groups is 1. The molecule has 98 valence electrons. The first kappa shape index (κ1) is 13.6. The summed E-state index contributed by atoms with van der Waals surface area (Å²) >= 11 is 11.8. The quantitative estimate of drug-likeness (QED) is 0.528. The van der Waals surface area contributed by atoms with Gasteiger partial charge in [-0.1, -0.05) is 23.2 Å². The molecule has 0 spiro atoms. The molecule has 0 atom stereocenters. The van der Waals surface area contributed by atoms with Gasteiger partial charge in [-0.05, 0) is 23.8 Å². The van der Waals surface area contributed by atoms with Gasteiger partial charge < -0.3 is 5.32 Å². The number of rotatable bonds is 4. The van der Waals surface area contributed by atoms with E-state index in [2.05, 4.69) is 10.3 Å². The first-order valence-corrected chi connectivity index (χ1v) is 6.10. The van der Waals surface area contributed by atoms with Gasteiger partial charge in [-0.3, -0.25) is 10.1 Å². The van der Waals surface area contributed by atoms with Gasteiger partial charge in [0, 0.05) is 35.6 Å². The Morgan fingerprint density at radius 3 is 2.74 bits per heavy atom. The van der Waals surface area contributed by atoms with E-state index in [9.17, 15) is 10.1 Å². The number of halogens is 2. The van der Waals surface area contributed by atoms with E-state index in [1.165, 1.54) is 18.2 Å². The molecule has 0 unspecified atom stereocenters. The lowest BCUT2D eigenvalue weighted by Crippen LogP contribution is -2.01. The molecule has 5 nitrogen and oxygen atoms in total. The van der Waals surface area contributed by atoms with Gasteiger partial charge in [0.25, 0.3) is 5.69 Å². The third-order valence-corrected chi connectivity index (χ3v) is 3.03. The molecule has 0 aliphatic rings. The predicted octanol–water partition coefficient (Wildman–Crippen LogP) is 3.91. The highest BCUT2D eigenvalue weighted by Gasteiger charge is 2.09. The highest BCUT2D eigenvalue weighted by molar-refractivity contribution is 6.31. The molecule has 0 aliphatic carbocycles. The van der Waals surface area contributed by atoms with Crippen molar-refractivity contribution >= 4 is 34.6 Å². The summed E-state index contributed by atoms with van der Waals surface area (Å²) in [7, 11) is 0. The van der Waals surface area contributed by atoms with E-state index in [1.54, 1.807) is 18.3 Å². The first-order valence-electron chi connectivity index (χ1n) is 5.34. The fraction of sp³-hybridized carbons (Fsp3) is 0.0833. The van der Waals surface area contributed by atoms with Gasteiger partial charge in [-0.25, -0.2) is 4.98 Å². The van der Waals surface area contributed by atoms with Crippen molar-refractivity contribution in [1.82, 2.24) is 4.98 Å². The lowest BCUT2D eigenvalue weighted by Gasteiger charge is -2.08. The molecular formula is C12H9Cl2N3O2. The number of aromatic nitrogens is 1. The summed E-state index contributed by atoms with van der Waals surface area (Å²) in [4.78, 5) is 14.1. The van der Waals surface area contributed by atoms with Crippen molar-refractivity contribution in [3.63, 3.8) is 0 Å². The number of nitro benzene ring substituents is 1. The smallest absolute Gasteiger partial charge is 0.269 e. The summed E-state index contributed by atoms with van der Waals surface area (Å²) in [6, 6.07) is 7.73. The Balaban J connectivity index is 2.15. The van der Waals surface area contributed by atoms with Crippen LogP contribution in [0.2, 0.25) is 10.2 Å². The number of pyridine rings is 1. The van der Waals surface area contributed by atoms with Crippen molar-refractivity contribution in [2.24, 2.45) is 0 Å². The molecule has 7 heteroatoms. The molecule has 2 aromatic rings. The third kappa shape index (κ3) is 3.56. The second-order valence-electron chi connectivity index (χ2n) is 3.75. The largest absolute Gasteiger partial charge is 0.381 e. The monoisotopic (exact) mass is 297 g/mol. The van der Waals surface area contributed by atoms with Crippen molar-refractivity contribution in [1.29, 1.82) is 0 Å². The summed E-state index contributed by atoms with van der Waals surface area (Å²) in [6.45, 7) is 0.362. The van der Waals surface area contributed by atoms with Crippen molar-refractivity contribution in [3.05, 3.63) is 62.4 Å². The molecule has 0 fully saturated rings. The number of non-ortho nitro benzene ring substituents is 1. The first-order chi connectivity index (χ1) is 9.06. The van der Waals surface area contributed by atoms with E-state index in [-0.39, 0.29) is 5.69 Å². The van der Waals surface area contributed by atoms with Gasteiger partial charge in [0.15, 0.2) is 0 Å². The topological polar surface area (TPSA) is 68.1 Å². The SMILES string of the molecule is O=[N+]([O-])c1ccc(Cl)c(CNc2ccnc(Cl)c2)c1. The van der Waals surface area contributed by atoms with Crippen LogP contribution in [-0.2, 0) is 6.54 Å². The number of anilines is 1. The van der Waals surface area contributed by atoms with E-state index in [4.69, 9.17) is 23.2 Å². The molecule has 0 radical (unpaired) electrons. The lowest BCUT2D eigenvalue weighted by molar-refractivity contribution is -0.384. The highest BCUT2D eigenvalue weighted by Crippen LogP contribution is 2.23. The van der Waals surface area contributed by atoms with Crippen molar-refractivity contribution in [2.45, 2.75) is 6.54 Å². The zero-order valence-corrected chi connectivity index (χ0v) is 11.1. The van der Waals surface area contributed by atoms with Gasteiger partial charge in [-0.2, -0.15) is 0 Å². The van der Waals surface area contributed by atoms with E-state index in [0.29, 0.717) is 22.3 Å². The summed E-state index contributed by atoms with van der Waals surface area (Å²) in [5, 5.41) is 14.6. The second-order valence-corrected chi connectivity index (χ2v) is 4.55. The Morgan fingerprint density at radius 2 is 2.05 bits per heavy atom. The molecule has 1 aromatic carbocycles. The number of benzene rings is 1. The molecular weight excluding hydrogens is 289 g/mol. The zero-order valence-electron chi connectivity index (χ0n) is 9.64. The molecule has 0 saturated carbocycles. The minimum Gasteiger partial charge on any atom is -0.381 e. The van der Waals surface area contributed by atoms with Crippen LogP contribution in [0.4, 0.5) is 11.4 Å². The highest BCUT2D eigenvalue weighted by atomic mass is 35.5. The number of hydrogen-bond acceptors (Lipinski definition) is 4. The van der Waals surface area contributed by atoms with Gasteiger partial charge in [-0.15, -0.1) is 0 Å². The molecule has 1 aromatic heterocycles. The number of hydrogen-bond donors (Lipinski definition) is 1. The minimum absolute atomic E-state index is 0.00830. The fourth-order valence-electron chi connectivity index (χ4n) is 1.52. The van der Waals surface area contributed by atoms with Crippen LogP contribution < -0.4 is 5.32 Å². The summed E-state index contributed by atoms with van der Waals surface area (Å²) < 4.78 is 0.